The summed E-state index contributed by atoms with van der Waals surface area (Å²) in [5, 5.41) is 0. The first-order chi connectivity index (χ1) is 13.8. The maximum absolute atomic E-state index is 12.6. The fraction of sp³-hybridized carbons (Fsp3) is 0.400. The summed E-state index contributed by atoms with van der Waals surface area (Å²) in [4.78, 5) is 34.9. The van der Waals surface area contributed by atoms with Crippen molar-refractivity contribution < 1.29 is 27.5 Å². The summed E-state index contributed by atoms with van der Waals surface area (Å²) in [5.74, 6) is 0.0740. The van der Waals surface area contributed by atoms with Gasteiger partial charge < -0.3 is 4.74 Å². The Morgan fingerprint density at radius 1 is 1.07 bits per heavy atom. The summed E-state index contributed by atoms with van der Waals surface area (Å²) >= 11 is 0. The van der Waals surface area contributed by atoms with Gasteiger partial charge >= 0.3 is 6.18 Å². The van der Waals surface area contributed by atoms with E-state index in [0.717, 1.165) is 17.7 Å². The number of hydrogen-bond acceptors (Lipinski definition) is 5. The van der Waals surface area contributed by atoms with E-state index in [0.29, 0.717) is 22.6 Å². The van der Waals surface area contributed by atoms with E-state index >= 15 is 0 Å². The third kappa shape index (κ3) is 4.38. The van der Waals surface area contributed by atoms with Crippen LogP contribution in [0.5, 0.6) is 5.88 Å². The number of carbonyl (C=O) groups excluding carboxylic acids is 2. The van der Waals surface area contributed by atoms with Crippen LogP contribution in [0.25, 0.3) is 0 Å². The van der Waals surface area contributed by atoms with E-state index in [-0.39, 0.29) is 31.4 Å². The number of imide groups is 1. The predicted octanol–water partition coefficient (Wildman–Crippen LogP) is 3.87. The van der Waals surface area contributed by atoms with Crippen LogP contribution in [0.3, 0.4) is 0 Å². The van der Waals surface area contributed by atoms with Gasteiger partial charge in [-0.05, 0) is 31.4 Å². The molecule has 0 radical (unpaired) electrons. The lowest BCUT2D eigenvalue weighted by Crippen LogP contribution is -2.29. The molecule has 1 saturated carbocycles. The van der Waals surface area contributed by atoms with Gasteiger partial charge in [0.15, 0.2) is 0 Å². The number of amides is 2. The van der Waals surface area contributed by atoms with E-state index in [4.69, 9.17) is 4.74 Å². The largest absolute Gasteiger partial charge is 0.478 e. The van der Waals surface area contributed by atoms with Gasteiger partial charge in [0.05, 0.1) is 30.0 Å². The molecule has 2 aliphatic rings. The molecule has 2 heterocycles. The lowest BCUT2D eigenvalue weighted by molar-refractivity contribution is -0.136. The standard InChI is InChI=1S/C20H18F3N3O3/c21-20(22,23)8-3-9-29-16-10-13(24-17(25-16)12-6-7-12)11-26-18(27)14-4-1-2-5-15(14)19(26)28/h1-2,4-5,10,12H,3,6-9,11H2. The predicted molar refractivity (Wildman–Crippen MR) is 95.4 cm³/mol. The van der Waals surface area contributed by atoms with E-state index in [1.165, 1.54) is 6.07 Å². The summed E-state index contributed by atoms with van der Waals surface area (Å²) in [6.45, 7) is -0.180. The highest BCUT2D eigenvalue weighted by Crippen LogP contribution is 2.39. The minimum absolute atomic E-state index is 0.0481. The van der Waals surface area contributed by atoms with Gasteiger partial charge in [-0.15, -0.1) is 0 Å². The fourth-order valence-corrected chi connectivity index (χ4v) is 3.17. The van der Waals surface area contributed by atoms with Crippen molar-refractivity contribution in [3.05, 3.63) is 53.0 Å². The van der Waals surface area contributed by atoms with Crippen molar-refractivity contribution in [2.45, 2.75) is 44.3 Å². The number of hydrogen-bond donors (Lipinski definition) is 0. The molecule has 0 saturated heterocycles. The molecule has 1 aromatic carbocycles. The van der Waals surface area contributed by atoms with E-state index in [9.17, 15) is 22.8 Å². The normalized spacial score (nSPS) is 16.3. The first kappa shape index (κ1) is 19.4. The van der Waals surface area contributed by atoms with Crippen LogP contribution in [0.15, 0.2) is 30.3 Å². The molecule has 0 spiro atoms. The van der Waals surface area contributed by atoms with Crippen molar-refractivity contribution in [3.8, 4) is 5.88 Å². The van der Waals surface area contributed by atoms with Crippen LogP contribution in [0, 0.1) is 0 Å². The zero-order valence-electron chi connectivity index (χ0n) is 15.4. The van der Waals surface area contributed by atoms with Crippen LogP contribution in [0.4, 0.5) is 13.2 Å². The van der Waals surface area contributed by atoms with Crippen LogP contribution >= 0.6 is 0 Å². The van der Waals surface area contributed by atoms with Crippen LogP contribution in [0.2, 0.25) is 0 Å². The Morgan fingerprint density at radius 3 is 2.31 bits per heavy atom. The van der Waals surface area contributed by atoms with Crippen LogP contribution in [0.1, 0.15) is 63.8 Å². The van der Waals surface area contributed by atoms with Gasteiger partial charge in [0.25, 0.3) is 11.8 Å². The number of alkyl halides is 3. The van der Waals surface area contributed by atoms with Gasteiger partial charge in [0.1, 0.15) is 5.82 Å². The Kier molecular flexibility index (Phi) is 4.97. The van der Waals surface area contributed by atoms with Gasteiger partial charge in [-0.3, -0.25) is 14.5 Å². The Labute approximate surface area is 164 Å². The lowest BCUT2D eigenvalue weighted by atomic mass is 10.1. The molecule has 0 unspecified atom stereocenters. The molecule has 6 nitrogen and oxygen atoms in total. The first-order valence-corrected chi connectivity index (χ1v) is 9.34. The summed E-state index contributed by atoms with van der Waals surface area (Å²) in [6, 6.07) is 8.05. The molecule has 4 rings (SSSR count). The fourth-order valence-electron chi connectivity index (χ4n) is 3.17. The Morgan fingerprint density at radius 2 is 1.72 bits per heavy atom. The second-order valence-corrected chi connectivity index (χ2v) is 7.14. The third-order valence-corrected chi connectivity index (χ3v) is 4.77. The van der Waals surface area contributed by atoms with Gasteiger partial charge in [0.2, 0.25) is 5.88 Å². The van der Waals surface area contributed by atoms with Crippen molar-refractivity contribution in [1.29, 1.82) is 0 Å². The van der Waals surface area contributed by atoms with E-state index in [1.54, 1.807) is 24.3 Å². The number of benzene rings is 1. The molecule has 1 fully saturated rings. The maximum atomic E-state index is 12.6. The Bertz CT molecular complexity index is 922. The van der Waals surface area contributed by atoms with Crippen LogP contribution in [-0.2, 0) is 6.54 Å². The molecule has 29 heavy (non-hydrogen) atoms. The number of halogens is 3. The van der Waals surface area contributed by atoms with Crippen LogP contribution in [-0.4, -0.2) is 39.5 Å². The second kappa shape index (κ2) is 7.46. The molecule has 0 atom stereocenters. The van der Waals surface area contributed by atoms with Gasteiger partial charge in [-0.2, -0.15) is 18.2 Å². The molecule has 1 aromatic heterocycles. The quantitative estimate of drug-likeness (QED) is 0.517. The highest BCUT2D eigenvalue weighted by atomic mass is 19.4. The average molecular weight is 405 g/mol. The zero-order valence-corrected chi connectivity index (χ0v) is 15.4. The van der Waals surface area contributed by atoms with Gasteiger partial charge in [-0.25, -0.2) is 4.98 Å². The number of rotatable bonds is 7. The average Bonchev–Trinajstić information content (AvgIpc) is 3.50. The number of aromatic nitrogens is 2. The minimum Gasteiger partial charge on any atom is -0.478 e. The third-order valence-electron chi connectivity index (χ3n) is 4.77. The van der Waals surface area contributed by atoms with Crippen LogP contribution < -0.4 is 4.74 Å². The molecule has 2 amide bonds. The molecule has 9 heteroatoms. The van der Waals surface area contributed by atoms with Gasteiger partial charge in [0, 0.05) is 18.4 Å². The van der Waals surface area contributed by atoms with E-state index < -0.39 is 24.4 Å². The number of nitrogens with zero attached hydrogens (tertiary/aromatic N) is 3. The number of fused-ring (bicyclic) bond motifs is 1. The summed E-state index contributed by atoms with van der Waals surface area (Å²) in [6.07, 6.45) is -3.51. The van der Waals surface area contributed by atoms with E-state index in [1.807, 2.05) is 0 Å². The molecule has 0 N–H and O–H groups in total. The lowest BCUT2D eigenvalue weighted by Gasteiger charge is -2.15. The summed E-state index contributed by atoms with van der Waals surface area (Å²) in [7, 11) is 0. The van der Waals surface area contributed by atoms with Crippen molar-refractivity contribution >= 4 is 11.8 Å². The number of carbonyl (C=O) groups is 2. The molecular formula is C20H18F3N3O3. The molecular weight excluding hydrogens is 387 g/mol. The highest BCUT2D eigenvalue weighted by molar-refractivity contribution is 6.21. The summed E-state index contributed by atoms with van der Waals surface area (Å²) in [5.41, 5.74) is 1.11. The highest BCUT2D eigenvalue weighted by Gasteiger charge is 2.36. The van der Waals surface area contributed by atoms with Crippen molar-refractivity contribution in [1.82, 2.24) is 14.9 Å². The monoisotopic (exact) mass is 405 g/mol. The molecule has 1 aliphatic heterocycles. The Balaban J connectivity index is 1.49. The van der Waals surface area contributed by atoms with Gasteiger partial charge in [-0.1, -0.05) is 12.1 Å². The molecule has 2 aromatic rings. The molecule has 152 valence electrons. The SMILES string of the molecule is O=C1c2ccccc2C(=O)N1Cc1cc(OCCCC(F)(F)F)nc(C2CC2)n1. The van der Waals surface area contributed by atoms with Crippen molar-refractivity contribution in [3.63, 3.8) is 0 Å². The minimum atomic E-state index is -4.23. The summed E-state index contributed by atoms with van der Waals surface area (Å²) < 4.78 is 42.3. The Hall–Kier alpha value is -2.97. The molecule has 1 aliphatic carbocycles. The maximum Gasteiger partial charge on any atom is 0.389 e. The first-order valence-electron chi connectivity index (χ1n) is 9.34. The van der Waals surface area contributed by atoms with E-state index in [2.05, 4.69) is 9.97 Å². The topological polar surface area (TPSA) is 72.4 Å². The smallest absolute Gasteiger partial charge is 0.389 e. The number of ether oxygens (including phenoxy) is 1. The van der Waals surface area contributed by atoms with Crippen molar-refractivity contribution in [2.75, 3.05) is 6.61 Å². The van der Waals surface area contributed by atoms with Crippen molar-refractivity contribution in [2.24, 2.45) is 0 Å². The molecule has 0 bridgehead atoms. The second-order valence-electron chi connectivity index (χ2n) is 7.14. The zero-order chi connectivity index (χ0) is 20.6.